The second kappa shape index (κ2) is 7.44. The van der Waals surface area contributed by atoms with Crippen LogP contribution < -0.4 is 10.9 Å². The van der Waals surface area contributed by atoms with E-state index in [1.165, 1.54) is 11.8 Å². The van der Waals surface area contributed by atoms with Gasteiger partial charge in [0.1, 0.15) is 11.4 Å². The maximum atomic E-state index is 12.1. The molecular weight excluding hydrogens is 306 g/mol. The molecule has 0 aliphatic carbocycles. The number of rotatable bonds is 6. The minimum Gasteiger partial charge on any atom is -0.481 e. The van der Waals surface area contributed by atoms with E-state index < -0.39 is 17.4 Å². The van der Waals surface area contributed by atoms with Gasteiger partial charge in [0.2, 0.25) is 0 Å². The molecule has 7 nitrogen and oxygen atoms in total. The van der Waals surface area contributed by atoms with Crippen molar-refractivity contribution in [1.82, 2.24) is 15.3 Å². The van der Waals surface area contributed by atoms with Crippen LogP contribution in [0.3, 0.4) is 0 Å². The molecule has 0 spiro atoms. The van der Waals surface area contributed by atoms with Crippen molar-refractivity contribution < 1.29 is 14.7 Å². The lowest BCUT2D eigenvalue weighted by Gasteiger charge is -2.18. The smallest absolute Gasteiger partial charge is 0.313 e. The summed E-state index contributed by atoms with van der Waals surface area (Å²) in [6, 6.07) is 0. The van der Waals surface area contributed by atoms with Gasteiger partial charge in [-0.3, -0.25) is 14.4 Å². The number of nitrogens with one attached hydrogen (secondary N) is 2. The molecule has 1 aromatic heterocycles. The van der Waals surface area contributed by atoms with E-state index in [2.05, 4.69) is 15.3 Å². The van der Waals surface area contributed by atoms with E-state index in [1.54, 1.807) is 6.92 Å². The fourth-order valence-electron chi connectivity index (χ4n) is 1.69. The van der Waals surface area contributed by atoms with Gasteiger partial charge in [-0.05, 0) is 6.92 Å². The van der Waals surface area contributed by atoms with Crippen molar-refractivity contribution in [3.8, 4) is 0 Å². The molecule has 1 rings (SSSR count). The predicted molar refractivity (Wildman–Crippen MR) is 85.6 cm³/mol. The average Bonchev–Trinajstić information content (AvgIpc) is 2.35. The van der Waals surface area contributed by atoms with Crippen molar-refractivity contribution in [2.75, 3.05) is 18.1 Å². The Kier molecular flexibility index (Phi) is 6.16. The highest BCUT2D eigenvalue weighted by atomic mass is 32.2. The van der Waals surface area contributed by atoms with E-state index in [1.807, 2.05) is 20.8 Å². The summed E-state index contributed by atoms with van der Waals surface area (Å²) in [4.78, 5) is 41.4. The van der Waals surface area contributed by atoms with Gasteiger partial charge in [0.05, 0.1) is 11.4 Å². The number of hydrogen-bond donors (Lipinski definition) is 3. The molecule has 3 N–H and O–H groups in total. The van der Waals surface area contributed by atoms with Gasteiger partial charge in [-0.2, -0.15) is 0 Å². The molecule has 0 atom stereocenters. The normalized spacial score (nSPS) is 11.3. The Morgan fingerprint density at radius 1 is 1.36 bits per heavy atom. The minimum absolute atomic E-state index is 0.00349. The third-order valence-corrected chi connectivity index (χ3v) is 3.74. The Bertz CT molecular complexity index is 619. The second-order valence-electron chi connectivity index (χ2n) is 5.83. The molecule has 1 aromatic rings. The first-order chi connectivity index (χ1) is 10.1. The number of amides is 1. The number of aliphatic carboxylic acids is 1. The predicted octanol–water partition coefficient (Wildman–Crippen LogP) is 0.923. The van der Waals surface area contributed by atoms with Crippen molar-refractivity contribution in [1.29, 1.82) is 0 Å². The van der Waals surface area contributed by atoms with E-state index in [0.29, 0.717) is 17.3 Å². The number of aromatic nitrogens is 2. The summed E-state index contributed by atoms with van der Waals surface area (Å²) in [5.74, 6) is -0.420. The molecule has 0 unspecified atom stereocenters. The fraction of sp³-hybridized carbons (Fsp3) is 0.571. The van der Waals surface area contributed by atoms with Gasteiger partial charge in [0.15, 0.2) is 0 Å². The highest BCUT2D eigenvalue weighted by Crippen LogP contribution is 2.17. The number of aryl methyl sites for hydroxylation is 1. The highest BCUT2D eigenvalue weighted by Gasteiger charge is 2.21. The van der Waals surface area contributed by atoms with Crippen LogP contribution in [0.5, 0.6) is 0 Å². The molecule has 0 bridgehead atoms. The van der Waals surface area contributed by atoms with Gasteiger partial charge in [-0.25, -0.2) is 4.98 Å². The van der Waals surface area contributed by atoms with Crippen LogP contribution in [0.15, 0.2) is 4.79 Å². The van der Waals surface area contributed by atoms with E-state index in [9.17, 15) is 14.4 Å². The number of nitrogens with zero attached hydrogens (tertiary/aromatic N) is 1. The van der Waals surface area contributed by atoms with Crippen LogP contribution in [0, 0.1) is 6.92 Å². The van der Waals surface area contributed by atoms with E-state index in [4.69, 9.17) is 5.11 Å². The number of carboxylic acids is 1. The largest absolute Gasteiger partial charge is 0.481 e. The summed E-state index contributed by atoms with van der Waals surface area (Å²) in [6.07, 6.45) is 0. The van der Waals surface area contributed by atoms with E-state index in [0.717, 1.165) is 0 Å². The minimum atomic E-state index is -0.898. The maximum absolute atomic E-state index is 12.1. The van der Waals surface area contributed by atoms with Crippen LogP contribution in [0.2, 0.25) is 0 Å². The lowest BCUT2D eigenvalue weighted by atomic mass is 9.95. The van der Waals surface area contributed by atoms with Gasteiger partial charge in [-0.15, -0.1) is 11.8 Å². The molecular formula is C14H21N3O4S. The Hall–Kier alpha value is -1.83. The summed E-state index contributed by atoms with van der Waals surface area (Å²) in [5.41, 5.74) is -0.402. The van der Waals surface area contributed by atoms with Crippen molar-refractivity contribution in [3.63, 3.8) is 0 Å². The van der Waals surface area contributed by atoms with Gasteiger partial charge in [-0.1, -0.05) is 20.8 Å². The van der Waals surface area contributed by atoms with Crippen LogP contribution in [0.25, 0.3) is 0 Å². The topological polar surface area (TPSA) is 112 Å². The standard InChI is InChI=1S/C14H21N3O4S/c1-8-10(11(20)15-5-6-22-7-9(18)19)12(21)17-13(16-8)14(2,3)4/h5-7H2,1-4H3,(H,15,20)(H,18,19)(H,16,17,21). The molecule has 0 aromatic carbocycles. The van der Waals surface area contributed by atoms with Crippen molar-refractivity contribution in [2.24, 2.45) is 0 Å². The molecule has 22 heavy (non-hydrogen) atoms. The van der Waals surface area contributed by atoms with Crippen LogP contribution in [-0.4, -0.2) is 45.0 Å². The van der Waals surface area contributed by atoms with Crippen LogP contribution >= 0.6 is 11.8 Å². The summed E-state index contributed by atoms with van der Waals surface area (Å²) in [6.45, 7) is 7.67. The molecule has 8 heteroatoms. The monoisotopic (exact) mass is 327 g/mol. The highest BCUT2D eigenvalue weighted by molar-refractivity contribution is 7.99. The van der Waals surface area contributed by atoms with Crippen LogP contribution in [0.1, 0.15) is 42.6 Å². The summed E-state index contributed by atoms with van der Waals surface area (Å²) in [5, 5.41) is 11.1. The van der Waals surface area contributed by atoms with Gasteiger partial charge < -0.3 is 15.4 Å². The Morgan fingerprint density at radius 2 is 2.00 bits per heavy atom. The Balaban J connectivity index is 2.74. The number of carbonyl (C=O) groups is 2. The molecule has 1 heterocycles. The van der Waals surface area contributed by atoms with Crippen molar-refractivity contribution in [3.05, 3.63) is 27.4 Å². The molecule has 0 saturated heterocycles. The lowest BCUT2D eigenvalue weighted by molar-refractivity contribution is -0.133. The number of thioether (sulfide) groups is 1. The fourth-order valence-corrected chi connectivity index (χ4v) is 2.26. The number of aromatic amines is 1. The molecule has 1 amide bonds. The average molecular weight is 327 g/mol. The van der Waals surface area contributed by atoms with E-state index in [-0.39, 0.29) is 23.3 Å². The first kappa shape index (κ1) is 18.2. The van der Waals surface area contributed by atoms with Gasteiger partial charge in [0.25, 0.3) is 11.5 Å². The molecule has 0 radical (unpaired) electrons. The van der Waals surface area contributed by atoms with Crippen molar-refractivity contribution in [2.45, 2.75) is 33.1 Å². The van der Waals surface area contributed by atoms with E-state index >= 15 is 0 Å². The SMILES string of the molecule is Cc1nc(C(C)(C)C)[nH]c(=O)c1C(=O)NCCSCC(=O)O. The Morgan fingerprint density at radius 3 is 2.50 bits per heavy atom. The second-order valence-corrected chi connectivity index (χ2v) is 6.93. The number of H-pyrrole nitrogens is 1. The number of carboxylic acid groups (broad SMARTS) is 1. The summed E-state index contributed by atoms with van der Waals surface area (Å²) >= 11 is 1.20. The molecule has 0 aliphatic rings. The third kappa shape index (κ3) is 5.18. The molecule has 0 fully saturated rings. The first-order valence-electron chi connectivity index (χ1n) is 6.82. The first-order valence-corrected chi connectivity index (χ1v) is 7.97. The maximum Gasteiger partial charge on any atom is 0.313 e. The molecule has 0 saturated carbocycles. The van der Waals surface area contributed by atoms with Crippen LogP contribution in [-0.2, 0) is 10.2 Å². The number of hydrogen-bond acceptors (Lipinski definition) is 5. The van der Waals surface area contributed by atoms with Crippen LogP contribution in [0.4, 0.5) is 0 Å². The quantitative estimate of drug-likeness (QED) is 0.670. The summed E-state index contributed by atoms with van der Waals surface area (Å²) < 4.78 is 0. The Labute approximate surface area is 132 Å². The molecule has 0 aliphatic heterocycles. The third-order valence-electron chi connectivity index (χ3n) is 2.80. The summed E-state index contributed by atoms with van der Waals surface area (Å²) in [7, 11) is 0. The lowest BCUT2D eigenvalue weighted by Crippen LogP contribution is -2.34. The zero-order valence-electron chi connectivity index (χ0n) is 13.1. The van der Waals surface area contributed by atoms with Gasteiger partial charge in [0, 0.05) is 17.7 Å². The molecule has 122 valence electrons. The zero-order valence-corrected chi connectivity index (χ0v) is 14.0. The van der Waals surface area contributed by atoms with Crippen molar-refractivity contribution >= 4 is 23.6 Å². The number of carbonyl (C=O) groups excluding carboxylic acids is 1. The van der Waals surface area contributed by atoms with Gasteiger partial charge >= 0.3 is 5.97 Å². The zero-order chi connectivity index (χ0) is 16.9.